The van der Waals surface area contributed by atoms with E-state index >= 15 is 0 Å². The highest BCUT2D eigenvalue weighted by Gasteiger charge is 1.97. The molecule has 0 bridgehead atoms. The van der Waals surface area contributed by atoms with Gasteiger partial charge in [0.1, 0.15) is 5.03 Å². The Morgan fingerprint density at radius 2 is 2.38 bits per heavy atom. The minimum absolute atomic E-state index is 0.573. The molecule has 70 valence electrons. The van der Waals surface area contributed by atoms with E-state index in [9.17, 15) is 0 Å². The topological polar surface area (TPSA) is 12.9 Å². The minimum Gasteiger partial charge on any atom is -0.249 e. The molecule has 4 heteroatoms. The largest absolute Gasteiger partial charge is 0.249 e. The molecule has 1 rings (SSSR count). The lowest BCUT2D eigenvalue weighted by Crippen LogP contribution is -1.81. The standard InChI is InChI=1S/C9H9BrClNS/c10-8-4-3-6-12-9(8)13-7-2-1-5-11/h1-4,6H,5,7H2. The second kappa shape index (κ2) is 6.46. The summed E-state index contributed by atoms with van der Waals surface area (Å²) in [6.45, 7) is 0. The van der Waals surface area contributed by atoms with Gasteiger partial charge in [-0.2, -0.15) is 0 Å². The summed E-state index contributed by atoms with van der Waals surface area (Å²) < 4.78 is 1.04. The lowest BCUT2D eigenvalue weighted by Gasteiger charge is -1.98. The van der Waals surface area contributed by atoms with Crippen LogP contribution in [0.3, 0.4) is 0 Å². The van der Waals surface area contributed by atoms with Crippen molar-refractivity contribution in [2.24, 2.45) is 0 Å². The van der Waals surface area contributed by atoms with Crippen LogP contribution < -0.4 is 0 Å². The first-order valence-electron chi connectivity index (χ1n) is 3.79. The van der Waals surface area contributed by atoms with E-state index in [4.69, 9.17) is 11.6 Å². The molecule has 1 aromatic rings. The van der Waals surface area contributed by atoms with Gasteiger partial charge in [-0.3, -0.25) is 0 Å². The Kier molecular flexibility index (Phi) is 5.51. The summed E-state index contributed by atoms with van der Waals surface area (Å²) in [6.07, 6.45) is 5.77. The number of nitrogens with zero attached hydrogens (tertiary/aromatic N) is 1. The van der Waals surface area contributed by atoms with E-state index in [2.05, 4.69) is 20.9 Å². The van der Waals surface area contributed by atoms with Crippen LogP contribution in [0.4, 0.5) is 0 Å². The third-order valence-electron chi connectivity index (χ3n) is 1.30. The molecule has 0 fully saturated rings. The Morgan fingerprint density at radius 1 is 1.54 bits per heavy atom. The summed E-state index contributed by atoms with van der Waals surface area (Å²) in [6, 6.07) is 3.89. The van der Waals surface area contributed by atoms with E-state index in [1.165, 1.54) is 0 Å². The van der Waals surface area contributed by atoms with Crippen molar-refractivity contribution in [1.29, 1.82) is 0 Å². The molecule has 0 aliphatic carbocycles. The van der Waals surface area contributed by atoms with Gasteiger partial charge in [-0.25, -0.2) is 4.98 Å². The van der Waals surface area contributed by atoms with E-state index in [-0.39, 0.29) is 0 Å². The van der Waals surface area contributed by atoms with Crippen LogP contribution in [0.25, 0.3) is 0 Å². The lowest BCUT2D eigenvalue weighted by molar-refractivity contribution is 1.11. The molecule has 1 heterocycles. The zero-order chi connectivity index (χ0) is 9.52. The molecular formula is C9H9BrClNS. The maximum atomic E-state index is 5.49. The zero-order valence-electron chi connectivity index (χ0n) is 6.91. The summed E-state index contributed by atoms with van der Waals surface area (Å²) in [7, 11) is 0. The number of thioether (sulfide) groups is 1. The molecule has 0 radical (unpaired) electrons. The van der Waals surface area contributed by atoms with Crippen LogP contribution in [0.15, 0.2) is 40.0 Å². The summed E-state index contributed by atoms with van der Waals surface area (Å²) in [5, 5.41) is 1.02. The van der Waals surface area contributed by atoms with Crippen molar-refractivity contribution < 1.29 is 0 Å². The monoisotopic (exact) mass is 277 g/mol. The zero-order valence-corrected chi connectivity index (χ0v) is 10.1. The molecule has 0 saturated heterocycles. The first kappa shape index (κ1) is 11.1. The molecule has 1 aromatic heterocycles. The molecule has 0 amide bonds. The van der Waals surface area contributed by atoms with Crippen LogP contribution in [0.2, 0.25) is 0 Å². The Bertz CT molecular complexity index is 291. The maximum Gasteiger partial charge on any atom is 0.110 e. The van der Waals surface area contributed by atoms with Crippen molar-refractivity contribution in [2.75, 3.05) is 11.6 Å². The van der Waals surface area contributed by atoms with Crippen LogP contribution in [0.1, 0.15) is 0 Å². The first-order chi connectivity index (χ1) is 6.34. The molecule has 0 unspecified atom stereocenters. The molecule has 0 aliphatic heterocycles. The van der Waals surface area contributed by atoms with Gasteiger partial charge in [-0.1, -0.05) is 12.2 Å². The number of rotatable bonds is 4. The lowest BCUT2D eigenvalue weighted by atomic mass is 10.5. The third kappa shape index (κ3) is 4.16. The van der Waals surface area contributed by atoms with Crippen LogP contribution in [0, 0.1) is 0 Å². The van der Waals surface area contributed by atoms with Crippen LogP contribution in [0.5, 0.6) is 0 Å². The average Bonchev–Trinajstić information content (AvgIpc) is 2.15. The number of hydrogen-bond acceptors (Lipinski definition) is 2. The molecule has 0 N–H and O–H groups in total. The molecule has 0 aliphatic rings. The minimum atomic E-state index is 0.573. The number of aromatic nitrogens is 1. The summed E-state index contributed by atoms with van der Waals surface area (Å²) in [5.41, 5.74) is 0. The van der Waals surface area contributed by atoms with Crippen molar-refractivity contribution in [3.8, 4) is 0 Å². The fraction of sp³-hybridized carbons (Fsp3) is 0.222. The van der Waals surface area contributed by atoms with Gasteiger partial charge in [-0.15, -0.1) is 23.4 Å². The van der Waals surface area contributed by atoms with E-state index in [0.717, 1.165) is 15.3 Å². The maximum absolute atomic E-state index is 5.49. The molecule has 0 aromatic carbocycles. The highest BCUT2D eigenvalue weighted by molar-refractivity contribution is 9.10. The summed E-state index contributed by atoms with van der Waals surface area (Å²) >= 11 is 10.6. The number of pyridine rings is 1. The smallest absolute Gasteiger partial charge is 0.110 e. The molecule has 0 spiro atoms. The molecule has 0 saturated carbocycles. The van der Waals surface area contributed by atoms with E-state index in [1.807, 2.05) is 24.3 Å². The fourth-order valence-corrected chi connectivity index (χ4v) is 2.19. The predicted molar refractivity (Wildman–Crippen MR) is 62.5 cm³/mol. The molecule has 1 nitrogen and oxygen atoms in total. The van der Waals surface area contributed by atoms with Gasteiger partial charge >= 0.3 is 0 Å². The summed E-state index contributed by atoms with van der Waals surface area (Å²) in [5.74, 6) is 1.48. The Labute approximate surface area is 95.7 Å². The SMILES string of the molecule is ClCC=CCSc1ncccc1Br. The van der Waals surface area contributed by atoms with Gasteiger partial charge < -0.3 is 0 Å². The highest BCUT2D eigenvalue weighted by Crippen LogP contribution is 2.24. The number of hydrogen-bond donors (Lipinski definition) is 0. The van der Waals surface area contributed by atoms with Gasteiger partial charge in [0.15, 0.2) is 0 Å². The molecule has 13 heavy (non-hydrogen) atoms. The average molecular weight is 279 g/mol. The fourth-order valence-electron chi connectivity index (χ4n) is 0.735. The van der Waals surface area contributed by atoms with E-state index < -0.39 is 0 Å². The Balaban J connectivity index is 2.45. The van der Waals surface area contributed by atoms with Crippen molar-refractivity contribution in [3.05, 3.63) is 35.0 Å². The predicted octanol–water partition coefficient (Wildman–Crippen LogP) is 3.73. The second-order valence-electron chi connectivity index (χ2n) is 2.23. The van der Waals surface area contributed by atoms with Gasteiger partial charge in [-0.05, 0) is 28.1 Å². The van der Waals surface area contributed by atoms with Crippen LogP contribution in [-0.4, -0.2) is 16.6 Å². The van der Waals surface area contributed by atoms with Crippen molar-refractivity contribution in [3.63, 3.8) is 0 Å². The van der Waals surface area contributed by atoms with E-state index in [1.54, 1.807) is 18.0 Å². The second-order valence-corrected chi connectivity index (χ2v) is 4.40. The summed E-state index contributed by atoms with van der Waals surface area (Å²) in [4.78, 5) is 4.23. The third-order valence-corrected chi connectivity index (χ3v) is 3.34. The van der Waals surface area contributed by atoms with Gasteiger partial charge in [0, 0.05) is 22.3 Å². The Morgan fingerprint density at radius 3 is 3.08 bits per heavy atom. The van der Waals surface area contributed by atoms with Crippen molar-refractivity contribution in [2.45, 2.75) is 5.03 Å². The van der Waals surface area contributed by atoms with Gasteiger partial charge in [0.25, 0.3) is 0 Å². The van der Waals surface area contributed by atoms with Crippen LogP contribution >= 0.6 is 39.3 Å². The number of alkyl halides is 1. The van der Waals surface area contributed by atoms with Gasteiger partial charge in [0.2, 0.25) is 0 Å². The normalized spacial score (nSPS) is 10.9. The molecule has 0 atom stereocenters. The van der Waals surface area contributed by atoms with Crippen molar-refractivity contribution >= 4 is 39.3 Å². The van der Waals surface area contributed by atoms with E-state index in [0.29, 0.717) is 5.88 Å². The van der Waals surface area contributed by atoms with Crippen LogP contribution in [-0.2, 0) is 0 Å². The van der Waals surface area contributed by atoms with Crippen molar-refractivity contribution in [1.82, 2.24) is 4.98 Å². The highest BCUT2D eigenvalue weighted by atomic mass is 79.9. The van der Waals surface area contributed by atoms with Gasteiger partial charge in [0.05, 0.1) is 0 Å². The first-order valence-corrected chi connectivity index (χ1v) is 6.10. The number of allylic oxidation sites excluding steroid dienone is 1. The Hall–Kier alpha value is 0.01000. The number of halogens is 2. The quantitative estimate of drug-likeness (QED) is 0.473. The molecular weight excluding hydrogens is 270 g/mol.